The number of methoxy groups -OCH3 is 1. The van der Waals surface area contributed by atoms with Gasteiger partial charge >= 0.3 is 0 Å². The average Bonchev–Trinajstić information content (AvgIpc) is 3.10. The number of nitrogens with zero attached hydrogens (tertiary/aromatic N) is 1. The summed E-state index contributed by atoms with van der Waals surface area (Å²) < 4.78 is 10.9. The number of benzene rings is 2. The number of halogens is 1. The molecule has 136 valence electrons. The minimum absolute atomic E-state index is 0.473. The molecule has 0 fully saturated rings. The van der Waals surface area contributed by atoms with Crippen LogP contribution in [0.25, 0.3) is 0 Å². The molecule has 0 atom stereocenters. The average molecular weight is 406 g/mol. The summed E-state index contributed by atoms with van der Waals surface area (Å²) in [6.07, 6.45) is 0. The van der Waals surface area contributed by atoms with Crippen LogP contribution in [-0.4, -0.2) is 12.1 Å². The van der Waals surface area contributed by atoms with Crippen molar-refractivity contribution in [3.8, 4) is 11.5 Å². The lowest BCUT2D eigenvalue weighted by Crippen LogP contribution is -1.95. The maximum absolute atomic E-state index is 6.17. The van der Waals surface area contributed by atoms with Crippen LogP contribution in [0.2, 0.25) is 5.02 Å². The van der Waals surface area contributed by atoms with Crippen molar-refractivity contribution >= 4 is 34.7 Å². The second-order valence-electron chi connectivity index (χ2n) is 5.85. The van der Waals surface area contributed by atoms with Crippen LogP contribution in [0.3, 0.4) is 0 Å². The topological polar surface area (TPSA) is 31.4 Å². The van der Waals surface area contributed by atoms with Crippen molar-refractivity contribution in [3.05, 3.63) is 68.6 Å². The Hall–Kier alpha value is -1.69. The van der Waals surface area contributed by atoms with Crippen LogP contribution >= 0.6 is 34.7 Å². The van der Waals surface area contributed by atoms with Gasteiger partial charge < -0.3 is 9.47 Å². The lowest BCUT2D eigenvalue weighted by atomic mass is 10.2. The minimum Gasteiger partial charge on any atom is -0.497 e. The van der Waals surface area contributed by atoms with E-state index in [0.29, 0.717) is 6.61 Å². The molecule has 1 heterocycles. The van der Waals surface area contributed by atoms with Gasteiger partial charge in [0.2, 0.25) is 0 Å². The van der Waals surface area contributed by atoms with E-state index in [2.05, 4.69) is 23.4 Å². The first-order chi connectivity index (χ1) is 12.5. The van der Waals surface area contributed by atoms with Crippen molar-refractivity contribution in [2.45, 2.75) is 31.1 Å². The Balaban J connectivity index is 1.55. The Morgan fingerprint density at radius 3 is 2.54 bits per heavy atom. The van der Waals surface area contributed by atoms with Gasteiger partial charge in [-0.2, -0.15) is 0 Å². The fourth-order valence-corrected chi connectivity index (χ4v) is 4.39. The summed E-state index contributed by atoms with van der Waals surface area (Å²) in [5.41, 5.74) is 3.37. The van der Waals surface area contributed by atoms with Gasteiger partial charge in [-0.05, 0) is 61.4 Å². The van der Waals surface area contributed by atoms with Crippen LogP contribution in [0.1, 0.15) is 21.8 Å². The maximum atomic E-state index is 6.17. The van der Waals surface area contributed by atoms with Crippen molar-refractivity contribution in [3.63, 3.8) is 0 Å². The SMILES string of the molecule is COc1ccc(OCc2nc(CSc3cc(C)c(Cl)cc3C)cs2)cc1. The first kappa shape index (κ1) is 19.1. The number of thiazole rings is 1. The van der Waals surface area contributed by atoms with E-state index < -0.39 is 0 Å². The molecule has 0 unspecified atom stereocenters. The molecule has 3 aromatic rings. The van der Waals surface area contributed by atoms with Gasteiger partial charge in [0.15, 0.2) is 0 Å². The number of aryl methyl sites for hydroxylation is 2. The van der Waals surface area contributed by atoms with Crippen LogP contribution in [0.4, 0.5) is 0 Å². The zero-order valence-electron chi connectivity index (χ0n) is 14.9. The molecule has 0 amide bonds. The highest BCUT2D eigenvalue weighted by Crippen LogP contribution is 2.30. The van der Waals surface area contributed by atoms with Crippen molar-refractivity contribution < 1.29 is 9.47 Å². The van der Waals surface area contributed by atoms with Gasteiger partial charge in [-0.1, -0.05) is 11.6 Å². The third-order valence-corrected chi connectivity index (χ3v) is 6.32. The second-order valence-corrected chi connectivity index (χ2v) is 8.22. The molecule has 0 aliphatic carbocycles. The normalized spacial score (nSPS) is 10.8. The van der Waals surface area contributed by atoms with E-state index in [1.807, 2.05) is 37.3 Å². The third kappa shape index (κ3) is 4.93. The fraction of sp³-hybridized carbons (Fsp3) is 0.250. The summed E-state index contributed by atoms with van der Waals surface area (Å²) in [6, 6.07) is 11.7. The lowest BCUT2D eigenvalue weighted by molar-refractivity contribution is 0.304. The molecule has 3 rings (SSSR count). The molecule has 6 heteroatoms. The van der Waals surface area contributed by atoms with E-state index in [-0.39, 0.29) is 0 Å². The predicted octanol–water partition coefficient (Wildman–Crippen LogP) is 6.29. The molecule has 1 aromatic heterocycles. The molecule has 0 bridgehead atoms. The monoisotopic (exact) mass is 405 g/mol. The summed E-state index contributed by atoms with van der Waals surface area (Å²) in [5, 5.41) is 3.89. The molecule has 0 radical (unpaired) electrons. The molecule has 26 heavy (non-hydrogen) atoms. The van der Waals surface area contributed by atoms with E-state index >= 15 is 0 Å². The Kier molecular flexibility index (Phi) is 6.46. The number of thioether (sulfide) groups is 1. The number of aromatic nitrogens is 1. The molecule has 0 saturated carbocycles. The first-order valence-corrected chi connectivity index (χ1v) is 10.4. The highest BCUT2D eigenvalue weighted by atomic mass is 35.5. The van der Waals surface area contributed by atoms with Gasteiger partial charge in [0.25, 0.3) is 0 Å². The van der Waals surface area contributed by atoms with E-state index in [4.69, 9.17) is 21.1 Å². The maximum Gasteiger partial charge on any atom is 0.140 e. The molecule has 0 N–H and O–H groups in total. The van der Waals surface area contributed by atoms with Crippen LogP contribution in [0.5, 0.6) is 11.5 Å². The summed E-state index contributed by atoms with van der Waals surface area (Å²) in [7, 11) is 1.65. The Morgan fingerprint density at radius 1 is 1.08 bits per heavy atom. The van der Waals surface area contributed by atoms with E-state index in [9.17, 15) is 0 Å². The molecule has 0 aliphatic rings. The van der Waals surface area contributed by atoms with Crippen molar-refractivity contribution in [1.82, 2.24) is 4.98 Å². The number of ether oxygens (including phenoxy) is 2. The first-order valence-electron chi connectivity index (χ1n) is 8.15. The van der Waals surface area contributed by atoms with Gasteiger partial charge in [0, 0.05) is 21.1 Å². The largest absolute Gasteiger partial charge is 0.497 e. The summed E-state index contributed by atoms with van der Waals surface area (Å²) >= 11 is 9.58. The number of hydrogen-bond acceptors (Lipinski definition) is 5. The van der Waals surface area contributed by atoms with Crippen LogP contribution in [0, 0.1) is 13.8 Å². The molecule has 0 spiro atoms. The lowest BCUT2D eigenvalue weighted by Gasteiger charge is -2.07. The molecule has 2 aromatic carbocycles. The third-order valence-electron chi connectivity index (χ3n) is 3.85. The van der Waals surface area contributed by atoms with E-state index in [1.54, 1.807) is 30.2 Å². The zero-order chi connectivity index (χ0) is 18.5. The molecule has 0 saturated heterocycles. The van der Waals surface area contributed by atoms with Gasteiger partial charge in [-0.3, -0.25) is 0 Å². The Bertz CT molecular complexity index is 878. The van der Waals surface area contributed by atoms with Crippen molar-refractivity contribution in [2.75, 3.05) is 7.11 Å². The summed E-state index contributed by atoms with van der Waals surface area (Å²) in [4.78, 5) is 5.91. The van der Waals surface area contributed by atoms with E-state index in [0.717, 1.165) is 38.5 Å². The number of rotatable bonds is 7. The summed E-state index contributed by atoms with van der Waals surface area (Å²) in [5.74, 6) is 2.46. The standard InChI is InChI=1S/C20H20ClNO2S2/c1-13-9-19(14(2)8-18(13)21)25-11-15-12-26-20(22-15)10-24-17-6-4-16(23-3)5-7-17/h4-9,12H,10-11H2,1-3H3. The van der Waals surface area contributed by atoms with Crippen LogP contribution < -0.4 is 9.47 Å². The molecule has 0 aliphatic heterocycles. The Labute approximate surface area is 167 Å². The van der Waals surface area contributed by atoms with Crippen LogP contribution in [-0.2, 0) is 12.4 Å². The minimum atomic E-state index is 0.473. The molecular formula is C20H20ClNO2S2. The molecular weight excluding hydrogens is 386 g/mol. The summed E-state index contributed by atoms with van der Waals surface area (Å²) in [6.45, 7) is 4.59. The quantitative estimate of drug-likeness (QED) is 0.432. The fourth-order valence-electron chi connectivity index (χ4n) is 2.36. The zero-order valence-corrected chi connectivity index (χ0v) is 17.3. The van der Waals surface area contributed by atoms with Crippen LogP contribution in [0.15, 0.2) is 46.7 Å². The number of hydrogen-bond donors (Lipinski definition) is 0. The van der Waals surface area contributed by atoms with Gasteiger partial charge in [-0.15, -0.1) is 23.1 Å². The molecule has 3 nitrogen and oxygen atoms in total. The highest BCUT2D eigenvalue weighted by Gasteiger charge is 2.07. The van der Waals surface area contributed by atoms with E-state index in [1.165, 1.54) is 10.5 Å². The second kappa shape index (κ2) is 8.80. The van der Waals surface area contributed by atoms with Gasteiger partial charge in [-0.25, -0.2) is 4.98 Å². The van der Waals surface area contributed by atoms with Gasteiger partial charge in [0.05, 0.1) is 12.8 Å². The smallest absolute Gasteiger partial charge is 0.140 e. The predicted molar refractivity (Wildman–Crippen MR) is 110 cm³/mol. The Morgan fingerprint density at radius 2 is 1.81 bits per heavy atom. The highest BCUT2D eigenvalue weighted by molar-refractivity contribution is 7.98. The van der Waals surface area contributed by atoms with Crippen molar-refractivity contribution in [1.29, 1.82) is 0 Å². The van der Waals surface area contributed by atoms with Gasteiger partial charge in [0.1, 0.15) is 23.1 Å². The van der Waals surface area contributed by atoms with Crippen molar-refractivity contribution in [2.24, 2.45) is 0 Å².